The van der Waals surface area contributed by atoms with Crippen LogP contribution < -0.4 is 0 Å². The fourth-order valence-electron chi connectivity index (χ4n) is 2.62. The van der Waals surface area contributed by atoms with Gasteiger partial charge in [0.15, 0.2) is 0 Å². The highest BCUT2D eigenvalue weighted by molar-refractivity contribution is 9.09. The van der Waals surface area contributed by atoms with Crippen LogP contribution in [0.5, 0.6) is 0 Å². The Morgan fingerprint density at radius 1 is 0.667 bits per heavy atom. The molecule has 0 bridgehead atoms. The van der Waals surface area contributed by atoms with Crippen LogP contribution >= 0.6 is 15.9 Å². The summed E-state index contributed by atoms with van der Waals surface area (Å²) in [5.41, 5.74) is 0. The Morgan fingerprint density at radius 3 is 1.50 bits per heavy atom. The molecule has 0 unspecified atom stereocenters. The van der Waals surface area contributed by atoms with Crippen molar-refractivity contribution in [1.29, 1.82) is 0 Å². The van der Waals surface area contributed by atoms with E-state index < -0.39 is 0 Å². The van der Waals surface area contributed by atoms with Gasteiger partial charge in [0, 0.05) is 11.8 Å². The minimum absolute atomic E-state index is 1.16. The second-order valence-electron chi connectivity index (χ2n) is 5.95. The number of quaternary nitrogens is 1. The Balaban J connectivity index is 3.90. The summed E-state index contributed by atoms with van der Waals surface area (Å²) in [6.07, 6.45) is 12.5. The highest BCUT2D eigenvalue weighted by Gasteiger charge is 2.19. The number of hydrogen-bond acceptors (Lipinski definition) is 0. The van der Waals surface area contributed by atoms with Crippen LogP contribution in [0.25, 0.3) is 0 Å². The third-order valence-corrected chi connectivity index (χ3v) is 4.50. The van der Waals surface area contributed by atoms with Crippen LogP contribution in [0.3, 0.4) is 0 Å². The molecule has 0 N–H and O–H groups in total. The first-order chi connectivity index (χ1) is 8.68. The molecular formula is C16H35BrN+. The first-order valence-corrected chi connectivity index (χ1v) is 9.20. The van der Waals surface area contributed by atoms with Gasteiger partial charge in [-0.3, -0.25) is 0 Å². The molecule has 0 spiro atoms. The van der Waals surface area contributed by atoms with Crippen molar-refractivity contribution in [2.24, 2.45) is 0 Å². The predicted molar refractivity (Wildman–Crippen MR) is 87.5 cm³/mol. The molecule has 18 heavy (non-hydrogen) atoms. The first-order valence-electron chi connectivity index (χ1n) is 8.08. The second kappa shape index (κ2) is 12.5. The van der Waals surface area contributed by atoms with Gasteiger partial charge in [-0.1, -0.05) is 55.5 Å². The summed E-state index contributed by atoms with van der Waals surface area (Å²) in [6, 6.07) is 0. The molecule has 0 rings (SSSR count). The van der Waals surface area contributed by atoms with E-state index in [9.17, 15) is 0 Å². The van der Waals surface area contributed by atoms with Crippen molar-refractivity contribution in [3.8, 4) is 0 Å². The lowest BCUT2D eigenvalue weighted by Crippen LogP contribution is -2.46. The molecular weight excluding hydrogens is 286 g/mol. The molecule has 0 aliphatic rings. The number of nitrogens with zero attached hydrogens (tertiary/aromatic N) is 1. The molecule has 110 valence electrons. The standard InChI is InChI=1S/C16H35BrN/c1-4-6-8-10-14-18(3,16-12-13-17)15-11-9-7-5-2/h4-16H2,1-3H3/q+1. The Morgan fingerprint density at radius 2 is 1.11 bits per heavy atom. The van der Waals surface area contributed by atoms with E-state index in [0.717, 1.165) is 5.33 Å². The summed E-state index contributed by atoms with van der Waals surface area (Å²) in [7, 11) is 2.47. The Bertz CT molecular complexity index is 158. The number of unbranched alkanes of at least 4 members (excludes halogenated alkanes) is 6. The van der Waals surface area contributed by atoms with E-state index in [-0.39, 0.29) is 0 Å². The zero-order chi connectivity index (χ0) is 13.7. The van der Waals surface area contributed by atoms with Crippen molar-refractivity contribution in [3.63, 3.8) is 0 Å². The summed E-state index contributed by atoms with van der Waals surface area (Å²) >= 11 is 3.58. The zero-order valence-corrected chi connectivity index (χ0v) is 14.6. The minimum atomic E-state index is 1.16. The Labute approximate surface area is 124 Å². The summed E-state index contributed by atoms with van der Waals surface area (Å²) in [5.74, 6) is 0. The maximum absolute atomic E-state index is 3.58. The predicted octanol–water partition coefficient (Wildman–Crippen LogP) is 5.38. The van der Waals surface area contributed by atoms with E-state index >= 15 is 0 Å². The molecule has 0 heterocycles. The van der Waals surface area contributed by atoms with E-state index in [4.69, 9.17) is 0 Å². The lowest BCUT2D eigenvalue weighted by atomic mass is 10.1. The zero-order valence-electron chi connectivity index (χ0n) is 13.0. The molecule has 0 fully saturated rings. The number of hydrogen-bond donors (Lipinski definition) is 0. The smallest absolute Gasteiger partial charge is 0.0792 e. The number of halogens is 1. The van der Waals surface area contributed by atoms with E-state index in [1.165, 1.54) is 81.9 Å². The van der Waals surface area contributed by atoms with Crippen molar-refractivity contribution >= 4 is 15.9 Å². The third kappa shape index (κ3) is 10.4. The van der Waals surface area contributed by atoms with Gasteiger partial charge in [-0.25, -0.2) is 0 Å². The average molecular weight is 321 g/mol. The van der Waals surface area contributed by atoms with E-state index in [0.29, 0.717) is 0 Å². The molecule has 1 nitrogen and oxygen atoms in total. The largest absolute Gasteiger partial charge is 0.326 e. The van der Waals surface area contributed by atoms with E-state index in [1.807, 2.05) is 0 Å². The Kier molecular flexibility index (Phi) is 12.8. The fraction of sp³-hybridized carbons (Fsp3) is 1.00. The Hall–Kier alpha value is 0.440. The molecule has 0 saturated carbocycles. The molecule has 0 aliphatic carbocycles. The summed E-state index contributed by atoms with van der Waals surface area (Å²) in [5, 5.41) is 1.16. The van der Waals surface area contributed by atoms with Gasteiger partial charge in [0.1, 0.15) is 0 Å². The van der Waals surface area contributed by atoms with Gasteiger partial charge in [-0.15, -0.1) is 0 Å². The molecule has 0 atom stereocenters. The molecule has 2 heteroatoms. The molecule has 0 aromatic rings. The van der Waals surface area contributed by atoms with Crippen LogP contribution in [0.2, 0.25) is 0 Å². The van der Waals surface area contributed by atoms with Gasteiger partial charge >= 0.3 is 0 Å². The van der Waals surface area contributed by atoms with Gasteiger partial charge in [0.2, 0.25) is 0 Å². The summed E-state index contributed by atoms with van der Waals surface area (Å²) in [6.45, 7) is 8.72. The van der Waals surface area contributed by atoms with Crippen LogP contribution in [0, 0.1) is 0 Å². The van der Waals surface area contributed by atoms with Gasteiger partial charge in [0.25, 0.3) is 0 Å². The first kappa shape index (κ1) is 18.4. The average Bonchev–Trinajstić information content (AvgIpc) is 2.38. The van der Waals surface area contributed by atoms with Crippen molar-refractivity contribution < 1.29 is 4.48 Å². The highest BCUT2D eigenvalue weighted by Crippen LogP contribution is 2.13. The van der Waals surface area contributed by atoms with Crippen molar-refractivity contribution in [2.75, 3.05) is 32.0 Å². The fourth-order valence-corrected chi connectivity index (χ4v) is 2.87. The second-order valence-corrected chi connectivity index (χ2v) is 6.75. The van der Waals surface area contributed by atoms with E-state index in [2.05, 4.69) is 36.8 Å². The van der Waals surface area contributed by atoms with Crippen molar-refractivity contribution in [3.05, 3.63) is 0 Å². The molecule has 0 radical (unpaired) electrons. The maximum atomic E-state index is 3.58. The van der Waals surface area contributed by atoms with Crippen LogP contribution in [0.15, 0.2) is 0 Å². The maximum Gasteiger partial charge on any atom is 0.0792 e. The molecule has 0 aliphatic heterocycles. The molecule has 0 aromatic carbocycles. The minimum Gasteiger partial charge on any atom is -0.326 e. The van der Waals surface area contributed by atoms with Crippen molar-refractivity contribution in [1.82, 2.24) is 0 Å². The summed E-state index contributed by atoms with van der Waals surface area (Å²) in [4.78, 5) is 0. The molecule has 0 aromatic heterocycles. The monoisotopic (exact) mass is 320 g/mol. The summed E-state index contributed by atoms with van der Waals surface area (Å²) < 4.78 is 1.30. The van der Waals surface area contributed by atoms with Crippen LogP contribution in [0.1, 0.15) is 71.6 Å². The van der Waals surface area contributed by atoms with Crippen LogP contribution in [0.4, 0.5) is 0 Å². The molecule has 0 saturated heterocycles. The number of rotatable bonds is 13. The van der Waals surface area contributed by atoms with E-state index in [1.54, 1.807) is 0 Å². The lowest BCUT2D eigenvalue weighted by Gasteiger charge is -2.35. The lowest BCUT2D eigenvalue weighted by molar-refractivity contribution is -0.910. The van der Waals surface area contributed by atoms with Crippen molar-refractivity contribution in [2.45, 2.75) is 71.6 Å². The van der Waals surface area contributed by atoms with Gasteiger partial charge in [-0.2, -0.15) is 0 Å². The molecule has 0 amide bonds. The highest BCUT2D eigenvalue weighted by atomic mass is 79.9. The third-order valence-electron chi connectivity index (χ3n) is 3.93. The van der Waals surface area contributed by atoms with Gasteiger partial charge in [0.05, 0.1) is 26.7 Å². The van der Waals surface area contributed by atoms with Gasteiger partial charge in [-0.05, 0) is 25.7 Å². The van der Waals surface area contributed by atoms with Gasteiger partial charge < -0.3 is 4.48 Å². The quantitative estimate of drug-likeness (QED) is 0.243. The SMILES string of the molecule is CCCCCC[N+](C)(CCCBr)CCCCCC. The van der Waals surface area contributed by atoms with Crippen LogP contribution in [-0.2, 0) is 0 Å². The number of alkyl halides is 1. The topological polar surface area (TPSA) is 0 Å². The van der Waals surface area contributed by atoms with Crippen LogP contribution in [-0.4, -0.2) is 36.5 Å². The normalized spacial score (nSPS) is 12.0.